The first-order chi connectivity index (χ1) is 10.8. The Balaban J connectivity index is 1.46. The number of hydrogen-bond donors (Lipinski definition) is 2. The summed E-state index contributed by atoms with van der Waals surface area (Å²) in [7, 11) is 0. The summed E-state index contributed by atoms with van der Waals surface area (Å²) in [6, 6.07) is 16.1. The molecule has 1 atom stereocenters. The molecule has 0 radical (unpaired) electrons. The molecule has 2 N–H and O–H groups in total. The van der Waals surface area contributed by atoms with Gasteiger partial charge >= 0.3 is 6.03 Å². The average molecular weight is 296 g/mol. The topological polar surface area (TPSA) is 57.3 Å². The number of carbonyl (C=O) groups excluding carboxylic acids is 1. The minimum absolute atomic E-state index is 0.0250. The maximum absolute atomic E-state index is 12.2. The van der Waals surface area contributed by atoms with Gasteiger partial charge in [-0.3, -0.25) is 4.98 Å². The fourth-order valence-electron chi connectivity index (χ4n) is 2.61. The van der Waals surface area contributed by atoms with Gasteiger partial charge in [-0.1, -0.05) is 24.3 Å². The Bertz CT molecular complexity index is 603. The van der Waals surface area contributed by atoms with Crippen molar-refractivity contribution in [3.8, 4) is 0 Å². The molecule has 3 rings (SSSR count). The van der Waals surface area contributed by atoms with Gasteiger partial charge < -0.3 is 15.5 Å². The summed E-state index contributed by atoms with van der Waals surface area (Å²) >= 11 is 0. The van der Waals surface area contributed by atoms with Crippen LogP contribution in [-0.4, -0.2) is 35.0 Å². The number of likely N-dealkylation sites (tertiary alicyclic amines) is 1. The molecule has 5 heteroatoms. The summed E-state index contributed by atoms with van der Waals surface area (Å²) in [6.07, 6.45) is 2.70. The van der Waals surface area contributed by atoms with Gasteiger partial charge in [-0.25, -0.2) is 4.79 Å². The van der Waals surface area contributed by atoms with Crippen LogP contribution in [0.5, 0.6) is 0 Å². The van der Waals surface area contributed by atoms with Crippen molar-refractivity contribution in [3.63, 3.8) is 0 Å². The lowest BCUT2D eigenvalue weighted by atomic mass is 10.2. The number of nitrogens with one attached hydrogen (secondary N) is 2. The molecule has 114 valence electrons. The monoisotopic (exact) mass is 296 g/mol. The Morgan fingerprint density at radius 3 is 2.77 bits per heavy atom. The molecule has 2 aromatic rings. The van der Waals surface area contributed by atoms with E-state index in [-0.39, 0.29) is 6.03 Å². The largest absolute Gasteiger partial charge is 0.380 e. The third-order valence-corrected chi connectivity index (χ3v) is 3.77. The summed E-state index contributed by atoms with van der Waals surface area (Å²) in [5.74, 6) is 0. The molecular weight excluding hydrogens is 276 g/mol. The fraction of sp³-hybridized carbons (Fsp3) is 0.294. The van der Waals surface area contributed by atoms with Crippen LogP contribution in [-0.2, 0) is 6.54 Å². The van der Waals surface area contributed by atoms with Gasteiger partial charge in [0.05, 0.1) is 12.2 Å². The van der Waals surface area contributed by atoms with Crippen LogP contribution in [0.3, 0.4) is 0 Å². The second kappa shape index (κ2) is 6.93. The van der Waals surface area contributed by atoms with E-state index in [1.54, 1.807) is 6.20 Å². The molecule has 2 amide bonds. The Labute approximate surface area is 130 Å². The van der Waals surface area contributed by atoms with Gasteiger partial charge in [0.2, 0.25) is 0 Å². The fourth-order valence-corrected chi connectivity index (χ4v) is 2.61. The van der Waals surface area contributed by atoms with Crippen molar-refractivity contribution in [1.29, 1.82) is 0 Å². The number of pyridine rings is 1. The summed E-state index contributed by atoms with van der Waals surface area (Å²) in [5, 5.41) is 6.39. The van der Waals surface area contributed by atoms with E-state index in [4.69, 9.17) is 0 Å². The van der Waals surface area contributed by atoms with Crippen molar-refractivity contribution >= 4 is 11.7 Å². The molecule has 0 saturated carbocycles. The number of anilines is 1. The van der Waals surface area contributed by atoms with Crippen LogP contribution in [0.15, 0.2) is 54.7 Å². The number of rotatable bonds is 4. The van der Waals surface area contributed by atoms with Gasteiger partial charge in [-0.05, 0) is 30.7 Å². The van der Waals surface area contributed by atoms with Crippen LogP contribution in [0, 0.1) is 0 Å². The van der Waals surface area contributed by atoms with E-state index in [0.29, 0.717) is 12.6 Å². The number of benzene rings is 1. The number of carbonyl (C=O) groups is 1. The van der Waals surface area contributed by atoms with Crippen LogP contribution in [0.2, 0.25) is 0 Å². The lowest BCUT2D eigenvalue weighted by molar-refractivity contribution is 0.208. The molecule has 0 aliphatic carbocycles. The van der Waals surface area contributed by atoms with E-state index in [2.05, 4.69) is 15.6 Å². The zero-order valence-electron chi connectivity index (χ0n) is 12.4. The Morgan fingerprint density at radius 1 is 1.18 bits per heavy atom. The lowest BCUT2D eigenvalue weighted by Gasteiger charge is -2.18. The first-order valence-corrected chi connectivity index (χ1v) is 7.55. The molecule has 1 aromatic carbocycles. The van der Waals surface area contributed by atoms with Gasteiger partial charge in [0, 0.05) is 31.0 Å². The van der Waals surface area contributed by atoms with Crippen molar-refractivity contribution < 1.29 is 4.79 Å². The number of nitrogens with zero attached hydrogens (tertiary/aromatic N) is 2. The third-order valence-electron chi connectivity index (χ3n) is 3.77. The third kappa shape index (κ3) is 3.75. The van der Waals surface area contributed by atoms with Gasteiger partial charge in [-0.15, -0.1) is 0 Å². The quantitative estimate of drug-likeness (QED) is 0.911. The van der Waals surface area contributed by atoms with Crippen LogP contribution in [0.4, 0.5) is 10.5 Å². The summed E-state index contributed by atoms with van der Waals surface area (Å²) in [5.41, 5.74) is 1.97. The van der Waals surface area contributed by atoms with Crippen molar-refractivity contribution in [1.82, 2.24) is 15.2 Å². The van der Waals surface area contributed by atoms with Crippen molar-refractivity contribution in [2.75, 3.05) is 18.4 Å². The first kappa shape index (κ1) is 14.4. The number of para-hydroxylation sites is 1. The molecule has 22 heavy (non-hydrogen) atoms. The molecular formula is C17H20N4O. The normalized spacial score (nSPS) is 17.3. The summed E-state index contributed by atoms with van der Waals surface area (Å²) < 4.78 is 0. The van der Waals surface area contributed by atoms with Crippen LogP contribution < -0.4 is 10.6 Å². The second-order valence-electron chi connectivity index (χ2n) is 5.42. The number of amides is 2. The van der Waals surface area contributed by atoms with Crippen molar-refractivity contribution in [2.24, 2.45) is 0 Å². The van der Waals surface area contributed by atoms with E-state index in [0.717, 1.165) is 30.9 Å². The minimum Gasteiger partial charge on any atom is -0.380 e. The van der Waals surface area contributed by atoms with Crippen LogP contribution >= 0.6 is 0 Å². The standard InChI is InChI=1S/C17H20N4O/c22-17(19-12-15-8-4-5-10-18-15)21-11-9-16(13-21)20-14-6-2-1-3-7-14/h1-8,10,16,20H,9,11-13H2,(H,19,22)/t16-/m0/s1. The molecule has 0 bridgehead atoms. The SMILES string of the molecule is O=C(NCc1ccccn1)N1CC[C@H](Nc2ccccc2)C1. The molecule has 1 aliphatic rings. The zero-order valence-corrected chi connectivity index (χ0v) is 12.4. The highest BCUT2D eigenvalue weighted by atomic mass is 16.2. The number of urea groups is 1. The highest BCUT2D eigenvalue weighted by Gasteiger charge is 2.25. The molecule has 5 nitrogen and oxygen atoms in total. The molecule has 1 aromatic heterocycles. The Morgan fingerprint density at radius 2 is 2.00 bits per heavy atom. The number of aromatic nitrogens is 1. The molecule has 1 fully saturated rings. The van der Waals surface area contributed by atoms with Crippen molar-refractivity contribution in [3.05, 3.63) is 60.4 Å². The van der Waals surface area contributed by atoms with Crippen molar-refractivity contribution in [2.45, 2.75) is 19.0 Å². The van der Waals surface area contributed by atoms with Gasteiger partial charge in [0.1, 0.15) is 0 Å². The maximum Gasteiger partial charge on any atom is 0.317 e. The second-order valence-corrected chi connectivity index (χ2v) is 5.42. The summed E-state index contributed by atoms with van der Waals surface area (Å²) in [4.78, 5) is 18.2. The molecule has 1 saturated heterocycles. The van der Waals surface area contributed by atoms with E-state index in [9.17, 15) is 4.79 Å². The summed E-state index contributed by atoms with van der Waals surface area (Å²) in [6.45, 7) is 1.97. The predicted molar refractivity (Wildman–Crippen MR) is 86.5 cm³/mol. The van der Waals surface area contributed by atoms with E-state index < -0.39 is 0 Å². The van der Waals surface area contributed by atoms with Crippen LogP contribution in [0.1, 0.15) is 12.1 Å². The molecule has 0 spiro atoms. The van der Waals surface area contributed by atoms with Gasteiger partial charge in [0.25, 0.3) is 0 Å². The highest BCUT2D eigenvalue weighted by molar-refractivity contribution is 5.74. The Kier molecular flexibility index (Phi) is 4.53. The minimum atomic E-state index is -0.0250. The predicted octanol–water partition coefficient (Wildman–Crippen LogP) is 2.48. The molecule has 1 aliphatic heterocycles. The molecule has 2 heterocycles. The zero-order chi connectivity index (χ0) is 15.2. The van der Waals surface area contributed by atoms with E-state index in [1.807, 2.05) is 53.4 Å². The lowest BCUT2D eigenvalue weighted by Crippen LogP contribution is -2.39. The smallest absolute Gasteiger partial charge is 0.317 e. The van der Waals surface area contributed by atoms with Crippen LogP contribution in [0.25, 0.3) is 0 Å². The average Bonchev–Trinajstić information content (AvgIpc) is 3.03. The molecule has 0 unspecified atom stereocenters. The van der Waals surface area contributed by atoms with E-state index >= 15 is 0 Å². The first-order valence-electron chi connectivity index (χ1n) is 7.55. The maximum atomic E-state index is 12.2. The van der Waals surface area contributed by atoms with Gasteiger partial charge in [0.15, 0.2) is 0 Å². The number of hydrogen-bond acceptors (Lipinski definition) is 3. The highest BCUT2D eigenvalue weighted by Crippen LogP contribution is 2.15. The Hall–Kier alpha value is -2.56. The van der Waals surface area contributed by atoms with E-state index in [1.165, 1.54) is 0 Å². The van der Waals surface area contributed by atoms with Gasteiger partial charge in [-0.2, -0.15) is 0 Å².